The van der Waals surface area contributed by atoms with Gasteiger partial charge in [-0.2, -0.15) is 0 Å². The quantitative estimate of drug-likeness (QED) is 0.240. The second-order valence-corrected chi connectivity index (χ2v) is 9.99. The van der Waals surface area contributed by atoms with E-state index >= 15 is 0 Å². The molecule has 0 saturated heterocycles. The fourth-order valence-corrected chi connectivity index (χ4v) is 4.42. The van der Waals surface area contributed by atoms with Gasteiger partial charge in [-0.25, -0.2) is 0 Å². The van der Waals surface area contributed by atoms with Crippen LogP contribution in [0.3, 0.4) is 0 Å². The molecule has 0 spiro atoms. The molecule has 9 heteroatoms. The van der Waals surface area contributed by atoms with Crippen molar-refractivity contribution in [3.63, 3.8) is 0 Å². The number of aryl methyl sites for hydroxylation is 4. The van der Waals surface area contributed by atoms with Crippen molar-refractivity contribution in [3.05, 3.63) is 94.0 Å². The monoisotopic (exact) mass is 655 g/mol. The standard InChI is InChI=1S/C32H34N2O2.2C2H4O2.Co/c1-5-21-13-23(7-3)31(35)27(15-21)19-33-29-17-25-11-9-10-12-26(25)18-30(29)34-20-28-16-22(6-2)14-24(8-4)32(28)36;2*1-2(3)4;/h9-20,35-36H,5-8H2,1-4H3;2*1H3,(H,3,4);/q;;;+2/p-2. The molecule has 0 aromatic heterocycles. The number of phenols is 2. The third kappa shape index (κ3) is 11.9. The van der Waals surface area contributed by atoms with Crippen LogP contribution in [0.25, 0.3) is 10.8 Å². The molecule has 45 heavy (non-hydrogen) atoms. The molecule has 1 radical (unpaired) electrons. The molecule has 2 N–H and O–H groups in total. The molecule has 0 unspecified atom stereocenters. The zero-order valence-electron chi connectivity index (χ0n) is 26.5. The molecular formula is C36H40CoN2O6. The van der Waals surface area contributed by atoms with Gasteiger partial charge in [0.1, 0.15) is 11.5 Å². The summed E-state index contributed by atoms with van der Waals surface area (Å²) < 4.78 is 0. The van der Waals surface area contributed by atoms with E-state index in [1.54, 1.807) is 12.4 Å². The fourth-order valence-electron chi connectivity index (χ4n) is 4.42. The van der Waals surface area contributed by atoms with Crippen molar-refractivity contribution in [2.75, 3.05) is 0 Å². The van der Waals surface area contributed by atoms with E-state index in [4.69, 9.17) is 29.8 Å². The van der Waals surface area contributed by atoms with Crippen LogP contribution in [0.15, 0.2) is 70.6 Å². The molecule has 4 rings (SSSR count). The number of hydrogen-bond donors (Lipinski definition) is 2. The summed E-state index contributed by atoms with van der Waals surface area (Å²) in [5, 5.41) is 41.4. The third-order valence-electron chi connectivity index (χ3n) is 6.66. The smallest absolute Gasteiger partial charge is 0.550 e. The summed E-state index contributed by atoms with van der Waals surface area (Å²) in [5.41, 5.74) is 6.99. The van der Waals surface area contributed by atoms with Crippen LogP contribution in [0.5, 0.6) is 11.5 Å². The van der Waals surface area contributed by atoms with E-state index in [0.29, 0.717) is 22.5 Å². The van der Waals surface area contributed by atoms with Gasteiger partial charge in [0, 0.05) is 35.5 Å². The number of carbonyl (C=O) groups excluding carboxylic acids is 2. The summed E-state index contributed by atoms with van der Waals surface area (Å²) in [4.78, 5) is 27.3. The number of carbonyl (C=O) groups is 2. The number of carboxylic acid groups (broad SMARTS) is 2. The van der Waals surface area contributed by atoms with E-state index in [9.17, 15) is 10.2 Å². The predicted octanol–water partition coefficient (Wildman–Crippen LogP) is 5.51. The Balaban J connectivity index is 0.00000101. The van der Waals surface area contributed by atoms with Gasteiger partial charge in [0.2, 0.25) is 0 Å². The van der Waals surface area contributed by atoms with Gasteiger partial charge in [0.15, 0.2) is 0 Å². The topological polar surface area (TPSA) is 145 Å². The van der Waals surface area contributed by atoms with Gasteiger partial charge in [-0.05, 0) is 96.8 Å². The first-order valence-electron chi connectivity index (χ1n) is 14.6. The maximum atomic E-state index is 10.8. The number of carboxylic acids is 2. The molecule has 239 valence electrons. The van der Waals surface area contributed by atoms with E-state index in [1.807, 2.05) is 50.2 Å². The Bertz CT molecular complexity index is 1530. The van der Waals surface area contributed by atoms with Crippen LogP contribution in [-0.2, 0) is 52.1 Å². The Morgan fingerprint density at radius 3 is 1.27 bits per heavy atom. The SMILES string of the molecule is CC(=O)[O-].CC(=O)[O-].CCc1cc(C=Nc2cc3ccccc3cc2N=Cc2cc(CC)cc(CC)c2O)c(O)c(CC)c1.[Co+2]. The van der Waals surface area contributed by atoms with E-state index in [0.717, 1.165) is 61.4 Å². The van der Waals surface area contributed by atoms with Crippen LogP contribution in [0.4, 0.5) is 11.4 Å². The molecule has 0 saturated carbocycles. The van der Waals surface area contributed by atoms with Crippen LogP contribution < -0.4 is 10.2 Å². The second-order valence-electron chi connectivity index (χ2n) is 9.99. The maximum absolute atomic E-state index is 10.8. The Kier molecular flexibility index (Phi) is 16.3. The van der Waals surface area contributed by atoms with Crippen molar-refractivity contribution < 1.29 is 46.8 Å². The molecule has 4 aromatic carbocycles. The van der Waals surface area contributed by atoms with Gasteiger partial charge in [0.05, 0.1) is 11.4 Å². The number of fused-ring (bicyclic) bond motifs is 1. The van der Waals surface area contributed by atoms with Gasteiger partial charge in [-0.1, -0.05) is 64.1 Å². The normalized spacial score (nSPS) is 10.5. The molecule has 0 aliphatic rings. The summed E-state index contributed by atoms with van der Waals surface area (Å²) in [6.07, 6.45) is 6.74. The Labute approximate surface area is 275 Å². The largest absolute Gasteiger partial charge is 2.00 e. The van der Waals surface area contributed by atoms with Crippen molar-refractivity contribution in [3.8, 4) is 11.5 Å². The Morgan fingerprint density at radius 1 is 0.644 bits per heavy atom. The summed E-state index contributed by atoms with van der Waals surface area (Å²) in [6, 6.07) is 20.2. The second kappa shape index (κ2) is 19.0. The van der Waals surface area contributed by atoms with Crippen molar-refractivity contribution in [1.82, 2.24) is 0 Å². The summed E-state index contributed by atoms with van der Waals surface area (Å²) >= 11 is 0. The Morgan fingerprint density at radius 2 is 0.978 bits per heavy atom. The summed E-state index contributed by atoms with van der Waals surface area (Å²) in [7, 11) is 0. The maximum Gasteiger partial charge on any atom is 2.00 e. The van der Waals surface area contributed by atoms with Crippen molar-refractivity contribution >= 4 is 46.5 Å². The van der Waals surface area contributed by atoms with Crippen LogP contribution in [0, 0.1) is 0 Å². The number of hydrogen-bond acceptors (Lipinski definition) is 8. The molecule has 0 heterocycles. The first-order chi connectivity index (χ1) is 20.9. The van der Waals surface area contributed by atoms with Crippen LogP contribution in [-0.4, -0.2) is 34.6 Å². The first kappa shape index (κ1) is 38.6. The molecule has 4 aromatic rings. The van der Waals surface area contributed by atoms with E-state index < -0.39 is 11.9 Å². The van der Waals surface area contributed by atoms with Crippen molar-refractivity contribution in [2.24, 2.45) is 9.98 Å². The molecular weight excluding hydrogens is 615 g/mol. The minimum absolute atomic E-state index is 0. The minimum atomic E-state index is -1.08. The van der Waals surface area contributed by atoms with Gasteiger partial charge >= 0.3 is 16.8 Å². The van der Waals surface area contributed by atoms with Gasteiger partial charge in [-0.15, -0.1) is 0 Å². The first-order valence-corrected chi connectivity index (χ1v) is 14.6. The molecule has 8 nitrogen and oxygen atoms in total. The van der Waals surface area contributed by atoms with Gasteiger partial charge in [0.25, 0.3) is 0 Å². The number of aliphatic imine (C=N–C) groups is 2. The fraction of sp³-hybridized carbons (Fsp3) is 0.278. The van der Waals surface area contributed by atoms with Crippen LogP contribution >= 0.6 is 0 Å². The molecule has 0 fully saturated rings. The average Bonchev–Trinajstić information content (AvgIpc) is 2.99. The van der Waals surface area contributed by atoms with E-state index in [-0.39, 0.29) is 28.3 Å². The summed E-state index contributed by atoms with van der Waals surface area (Å²) in [6.45, 7) is 10.2. The zero-order chi connectivity index (χ0) is 32.8. The molecule has 0 bridgehead atoms. The van der Waals surface area contributed by atoms with E-state index in [2.05, 4.69) is 38.1 Å². The molecule has 0 atom stereocenters. The zero-order valence-corrected chi connectivity index (χ0v) is 27.6. The average molecular weight is 656 g/mol. The van der Waals surface area contributed by atoms with Crippen molar-refractivity contribution in [1.29, 1.82) is 0 Å². The number of phenolic OH excluding ortho intramolecular Hbond substituents is 2. The van der Waals surface area contributed by atoms with Crippen LogP contribution in [0.1, 0.15) is 74.9 Å². The number of benzene rings is 4. The van der Waals surface area contributed by atoms with Crippen molar-refractivity contribution in [2.45, 2.75) is 67.2 Å². The Hall–Kier alpha value is -4.47. The van der Waals surface area contributed by atoms with Crippen LogP contribution in [0.2, 0.25) is 0 Å². The molecule has 0 amide bonds. The number of rotatable bonds is 8. The number of aliphatic carboxylic acids is 2. The molecule has 0 aliphatic heterocycles. The van der Waals surface area contributed by atoms with E-state index in [1.165, 1.54) is 11.1 Å². The predicted molar refractivity (Wildman–Crippen MR) is 174 cm³/mol. The minimum Gasteiger partial charge on any atom is -0.550 e. The number of aromatic hydroxyl groups is 2. The van der Waals surface area contributed by atoms with Gasteiger partial charge < -0.3 is 30.0 Å². The molecule has 0 aliphatic carbocycles. The number of nitrogens with zero attached hydrogens (tertiary/aromatic N) is 2. The van der Waals surface area contributed by atoms with Gasteiger partial charge in [-0.3, -0.25) is 9.98 Å². The summed E-state index contributed by atoms with van der Waals surface area (Å²) in [5.74, 6) is -1.62. The third-order valence-corrected chi connectivity index (χ3v) is 6.66.